The lowest BCUT2D eigenvalue weighted by Crippen LogP contribution is -2.16. The number of nitrogens with two attached hydrogens (primary N) is 1. The van der Waals surface area contributed by atoms with Crippen molar-refractivity contribution in [1.82, 2.24) is 9.97 Å². The Kier molecular flexibility index (Phi) is 6.93. The van der Waals surface area contributed by atoms with Crippen molar-refractivity contribution in [2.24, 2.45) is 0 Å². The van der Waals surface area contributed by atoms with Gasteiger partial charge in [-0.3, -0.25) is 4.72 Å². The summed E-state index contributed by atoms with van der Waals surface area (Å²) in [6.07, 6.45) is 0. The summed E-state index contributed by atoms with van der Waals surface area (Å²) in [6.45, 7) is 0. The first-order valence-electron chi connectivity index (χ1n) is 9.11. The van der Waals surface area contributed by atoms with E-state index in [0.717, 1.165) is 0 Å². The number of anilines is 4. The fourth-order valence-corrected chi connectivity index (χ4v) is 4.11. The summed E-state index contributed by atoms with van der Waals surface area (Å²) in [7, 11) is -2.44. The van der Waals surface area contributed by atoms with Gasteiger partial charge in [0.2, 0.25) is 0 Å². The van der Waals surface area contributed by atoms with E-state index in [-0.39, 0.29) is 28.9 Å². The molecule has 0 aliphatic carbocycles. The third-order valence-corrected chi connectivity index (χ3v) is 6.06. The number of hydrogen-bond donors (Lipinski definition) is 3. The molecule has 0 aliphatic rings. The Morgan fingerprint density at radius 1 is 0.938 bits per heavy atom. The van der Waals surface area contributed by atoms with E-state index in [1.54, 1.807) is 48.5 Å². The van der Waals surface area contributed by atoms with E-state index >= 15 is 0 Å². The molecule has 11 heteroatoms. The molecule has 0 bridgehead atoms. The van der Waals surface area contributed by atoms with Gasteiger partial charge in [0.25, 0.3) is 10.0 Å². The molecule has 0 unspecified atom stereocenters. The highest BCUT2D eigenvalue weighted by molar-refractivity contribution is 7.92. The zero-order chi connectivity index (χ0) is 22.0. The minimum Gasteiger partial charge on any atom is -0.497 e. The van der Waals surface area contributed by atoms with E-state index in [4.69, 9.17) is 22.1 Å². The molecule has 0 saturated heterocycles. The van der Waals surface area contributed by atoms with E-state index in [2.05, 4.69) is 20.0 Å². The molecule has 166 valence electrons. The van der Waals surface area contributed by atoms with Crippen LogP contribution in [0.1, 0.15) is 0 Å². The quantitative estimate of drug-likeness (QED) is 0.330. The monoisotopic (exact) mass is 491 g/mol. The summed E-state index contributed by atoms with van der Waals surface area (Å²) >= 11 is 6.30. The van der Waals surface area contributed by atoms with E-state index in [1.165, 1.54) is 19.2 Å². The number of nitrogen functional groups attached to an aromatic ring is 1. The largest absolute Gasteiger partial charge is 0.497 e. The molecule has 0 saturated carbocycles. The standard InChI is InChI=1S/C21H18ClN5O3S.ClH/c1-30-14-9-10-16(22)19(12-14)26-20-21(25-18-8-3-2-7-17(18)24-20)27-31(28,29)15-6-4-5-13(23)11-15;/h2-12H,23H2,1H3,(H,24,26)(H,25,27);1H. The lowest BCUT2D eigenvalue weighted by molar-refractivity contribution is 0.415. The normalized spacial score (nSPS) is 10.9. The van der Waals surface area contributed by atoms with Gasteiger partial charge < -0.3 is 15.8 Å². The number of rotatable bonds is 6. The maximum Gasteiger partial charge on any atom is 0.263 e. The average Bonchev–Trinajstić information content (AvgIpc) is 2.75. The molecule has 4 aromatic rings. The number of fused-ring (bicyclic) bond motifs is 1. The second-order valence-electron chi connectivity index (χ2n) is 6.56. The van der Waals surface area contributed by atoms with Crippen LogP contribution in [0, 0.1) is 0 Å². The van der Waals surface area contributed by atoms with Gasteiger partial charge in [-0.1, -0.05) is 29.8 Å². The molecule has 0 atom stereocenters. The second kappa shape index (κ2) is 9.47. The summed E-state index contributed by atoms with van der Waals surface area (Å²) in [5.41, 5.74) is 7.65. The van der Waals surface area contributed by atoms with Crippen LogP contribution in [0.15, 0.2) is 71.6 Å². The molecule has 4 N–H and O–H groups in total. The van der Waals surface area contributed by atoms with E-state index in [1.807, 2.05) is 6.07 Å². The maximum atomic E-state index is 13.0. The van der Waals surface area contributed by atoms with Crippen LogP contribution in [0.4, 0.5) is 23.0 Å². The number of sulfonamides is 1. The molecule has 3 aromatic carbocycles. The van der Waals surface area contributed by atoms with Gasteiger partial charge in [0.1, 0.15) is 5.75 Å². The molecule has 0 spiro atoms. The number of ether oxygens (including phenoxy) is 1. The number of para-hydroxylation sites is 2. The zero-order valence-corrected chi connectivity index (χ0v) is 19.1. The van der Waals surface area contributed by atoms with E-state index in [0.29, 0.717) is 33.2 Å². The molecule has 32 heavy (non-hydrogen) atoms. The Labute approximate surface area is 196 Å². The van der Waals surface area contributed by atoms with Crippen LogP contribution in [0.25, 0.3) is 11.0 Å². The fraction of sp³-hybridized carbons (Fsp3) is 0.0476. The van der Waals surface area contributed by atoms with Crippen molar-refractivity contribution in [3.63, 3.8) is 0 Å². The van der Waals surface area contributed by atoms with Gasteiger partial charge in [-0.05, 0) is 42.5 Å². The second-order valence-corrected chi connectivity index (χ2v) is 8.65. The van der Waals surface area contributed by atoms with Gasteiger partial charge in [0.05, 0.1) is 33.7 Å². The highest BCUT2D eigenvalue weighted by Crippen LogP contribution is 2.32. The molecular weight excluding hydrogens is 473 g/mol. The van der Waals surface area contributed by atoms with E-state index in [9.17, 15) is 8.42 Å². The third kappa shape index (κ3) is 4.96. The molecule has 0 radical (unpaired) electrons. The van der Waals surface area contributed by atoms with Crippen molar-refractivity contribution in [2.75, 3.05) is 22.9 Å². The predicted molar refractivity (Wildman–Crippen MR) is 130 cm³/mol. The van der Waals surface area contributed by atoms with Crippen LogP contribution in [0.3, 0.4) is 0 Å². The topological polar surface area (TPSA) is 119 Å². The van der Waals surface area contributed by atoms with E-state index < -0.39 is 10.0 Å². The van der Waals surface area contributed by atoms with Crippen LogP contribution >= 0.6 is 24.0 Å². The Hall–Kier alpha value is -3.27. The minimum atomic E-state index is -3.97. The van der Waals surface area contributed by atoms with Crippen LogP contribution in [0.2, 0.25) is 5.02 Å². The molecular formula is C21H19Cl2N5O3S. The highest BCUT2D eigenvalue weighted by atomic mass is 35.5. The molecule has 0 fully saturated rings. The predicted octanol–water partition coefficient (Wildman–Crippen LogP) is 4.84. The zero-order valence-electron chi connectivity index (χ0n) is 16.7. The minimum absolute atomic E-state index is 0. The van der Waals surface area contributed by atoms with Crippen molar-refractivity contribution in [1.29, 1.82) is 0 Å². The number of nitrogens with zero attached hydrogens (tertiary/aromatic N) is 2. The first kappa shape index (κ1) is 23.4. The molecule has 0 amide bonds. The lowest BCUT2D eigenvalue weighted by atomic mass is 10.3. The van der Waals surface area contributed by atoms with Gasteiger partial charge in [-0.25, -0.2) is 18.4 Å². The van der Waals surface area contributed by atoms with Crippen LogP contribution in [-0.2, 0) is 10.0 Å². The smallest absolute Gasteiger partial charge is 0.263 e. The van der Waals surface area contributed by atoms with Crippen molar-refractivity contribution in [3.05, 3.63) is 71.8 Å². The summed E-state index contributed by atoms with van der Waals surface area (Å²) in [5.74, 6) is 0.767. The third-order valence-electron chi connectivity index (χ3n) is 4.40. The SMILES string of the molecule is COc1ccc(Cl)c(Nc2nc3ccccc3nc2NS(=O)(=O)c2cccc(N)c2)c1.Cl. The molecule has 1 aromatic heterocycles. The first-order valence-corrected chi connectivity index (χ1v) is 11.0. The van der Waals surface area contributed by atoms with Crippen molar-refractivity contribution in [2.45, 2.75) is 4.90 Å². The first-order chi connectivity index (χ1) is 14.9. The number of halogens is 2. The molecule has 8 nitrogen and oxygen atoms in total. The van der Waals surface area contributed by atoms with Crippen LogP contribution in [0.5, 0.6) is 5.75 Å². The van der Waals surface area contributed by atoms with Gasteiger partial charge in [0.15, 0.2) is 11.6 Å². The Bertz CT molecular complexity index is 1380. The number of hydrogen-bond acceptors (Lipinski definition) is 7. The van der Waals surface area contributed by atoms with Gasteiger partial charge in [-0.2, -0.15) is 0 Å². The maximum absolute atomic E-state index is 13.0. The molecule has 4 rings (SSSR count). The van der Waals surface area contributed by atoms with Gasteiger partial charge in [-0.15, -0.1) is 12.4 Å². The van der Waals surface area contributed by atoms with Crippen molar-refractivity contribution < 1.29 is 13.2 Å². The van der Waals surface area contributed by atoms with Crippen LogP contribution in [-0.4, -0.2) is 25.5 Å². The summed E-state index contributed by atoms with van der Waals surface area (Å²) < 4.78 is 33.6. The average molecular weight is 492 g/mol. The summed E-state index contributed by atoms with van der Waals surface area (Å²) in [5, 5.41) is 3.46. The molecule has 1 heterocycles. The number of nitrogens with one attached hydrogen (secondary N) is 2. The Balaban J connectivity index is 0.00000289. The summed E-state index contributed by atoms with van der Waals surface area (Å²) in [4.78, 5) is 9.00. The lowest BCUT2D eigenvalue weighted by Gasteiger charge is -2.15. The fourth-order valence-electron chi connectivity index (χ4n) is 2.88. The number of aromatic nitrogens is 2. The van der Waals surface area contributed by atoms with Gasteiger partial charge >= 0.3 is 0 Å². The highest BCUT2D eigenvalue weighted by Gasteiger charge is 2.20. The Morgan fingerprint density at radius 3 is 2.28 bits per heavy atom. The van der Waals surface area contributed by atoms with Crippen LogP contribution < -0.4 is 20.5 Å². The van der Waals surface area contributed by atoms with Crippen molar-refractivity contribution in [3.8, 4) is 5.75 Å². The Morgan fingerprint density at radius 2 is 1.62 bits per heavy atom. The summed E-state index contributed by atoms with van der Waals surface area (Å²) in [6, 6.07) is 18.1. The van der Waals surface area contributed by atoms with Gasteiger partial charge in [0, 0.05) is 11.8 Å². The molecule has 0 aliphatic heterocycles. The van der Waals surface area contributed by atoms with Crippen molar-refractivity contribution >= 4 is 68.1 Å². The number of benzene rings is 3. The number of methoxy groups -OCH3 is 1.